The van der Waals surface area contributed by atoms with Gasteiger partial charge in [0.2, 0.25) is 0 Å². The second kappa shape index (κ2) is 9.93. The van der Waals surface area contributed by atoms with Crippen LogP contribution in [0.3, 0.4) is 0 Å². The maximum Gasteiger partial charge on any atom is 0.278 e. The van der Waals surface area contributed by atoms with Crippen molar-refractivity contribution in [1.29, 1.82) is 0 Å². The summed E-state index contributed by atoms with van der Waals surface area (Å²) in [6.45, 7) is 2.07. The molecule has 4 rings (SSSR count). The first-order valence-electron chi connectivity index (χ1n) is 10.5. The molecule has 0 aliphatic heterocycles. The lowest BCUT2D eigenvalue weighted by Crippen LogP contribution is -2.24. The summed E-state index contributed by atoms with van der Waals surface area (Å²) in [6.07, 6.45) is 5.37. The van der Waals surface area contributed by atoms with Gasteiger partial charge in [0.15, 0.2) is 0 Å². The molecular weight excluding hydrogens is 436 g/mol. The minimum absolute atomic E-state index is 0.132. The molecule has 4 aromatic rings. The van der Waals surface area contributed by atoms with E-state index in [1.165, 1.54) is 16.4 Å². The van der Waals surface area contributed by atoms with Gasteiger partial charge in [-0.3, -0.25) is 19.2 Å². The van der Waals surface area contributed by atoms with E-state index in [0.717, 1.165) is 16.1 Å². The largest absolute Gasteiger partial charge is 0.394 e. The molecule has 2 heterocycles. The van der Waals surface area contributed by atoms with Crippen molar-refractivity contribution in [2.45, 2.75) is 24.4 Å². The van der Waals surface area contributed by atoms with Crippen LogP contribution in [-0.4, -0.2) is 35.7 Å². The summed E-state index contributed by atoms with van der Waals surface area (Å²) < 4.78 is 4.98. The molecule has 0 aliphatic rings. The molecular formula is C24H26N6O2S. The molecule has 2 aromatic heterocycles. The Morgan fingerprint density at radius 1 is 1.18 bits per heavy atom. The van der Waals surface area contributed by atoms with Crippen molar-refractivity contribution in [1.82, 2.24) is 18.9 Å². The minimum Gasteiger partial charge on any atom is -0.394 e. The predicted octanol–water partition coefficient (Wildman–Crippen LogP) is 3.25. The summed E-state index contributed by atoms with van der Waals surface area (Å²) in [7, 11) is 1.65. The van der Waals surface area contributed by atoms with Gasteiger partial charge in [0.05, 0.1) is 25.5 Å². The third-order valence-corrected chi connectivity index (χ3v) is 6.37. The molecule has 0 saturated carbocycles. The van der Waals surface area contributed by atoms with Gasteiger partial charge in [-0.1, -0.05) is 42.1 Å². The zero-order valence-electron chi connectivity index (χ0n) is 18.5. The number of aliphatic hydroxyl groups excluding tert-OH is 1. The molecule has 0 amide bonds. The van der Waals surface area contributed by atoms with Crippen LogP contribution in [0.15, 0.2) is 88.0 Å². The van der Waals surface area contributed by atoms with Gasteiger partial charge in [-0.2, -0.15) is 0 Å². The number of nitrogens with zero attached hydrogens (tertiary/aromatic N) is 5. The fraction of sp³-hybridized carbons (Fsp3) is 0.208. The molecule has 9 heteroatoms. The third-order valence-electron chi connectivity index (χ3n) is 5.33. The summed E-state index contributed by atoms with van der Waals surface area (Å²) in [5.41, 5.74) is 8.52. The topological polar surface area (TPSA) is 103 Å². The summed E-state index contributed by atoms with van der Waals surface area (Å²) in [5.74, 6) is 0.293. The van der Waals surface area contributed by atoms with E-state index < -0.39 is 0 Å². The van der Waals surface area contributed by atoms with Gasteiger partial charge in [-0.15, -0.1) is 0 Å². The highest BCUT2D eigenvalue weighted by Gasteiger charge is 2.23. The number of anilines is 1. The van der Waals surface area contributed by atoms with Crippen molar-refractivity contribution in [3.8, 4) is 5.69 Å². The molecule has 1 atom stereocenters. The Labute approximate surface area is 196 Å². The molecule has 0 bridgehead atoms. The molecule has 3 N–H and O–H groups in total. The Bertz CT molecular complexity index is 1290. The number of nitrogen functional groups attached to an aromatic ring is 1. The molecule has 0 radical (unpaired) electrons. The normalized spacial score (nSPS) is 12.8. The number of nitrogens with two attached hydrogens (primary N) is 1. The second-order valence-electron chi connectivity index (χ2n) is 7.64. The fourth-order valence-corrected chi connectivity index (χ4v) is 4.51. The van der Waals surface area contributed by atoms with E-state index in [1.807, 2.05) is 72.3 Å². The second-order valence-corrected chi connectivity index (χ2v) is 8.70. The molecule has 8 nitrogen and oxygen atoms in total. The molecule has 0 fully saturated rings. The Balaban J connectivity index is 1.70. The van der Waals surface area contributed by atoms with Crippen molar-refractivity contribution in [3.05, 3.63) is 94.8 Å². The average Bonchev–Trinajstić information content (AvgIpc) is 3.45. The highest BCUT2D eigenvalue weighted by Crippen LogP contribution is 2.27. The molecule has 1 unspecified atom stereocenters. The molecule has 33 heavy (non-hydrogen) atoms. The first kappa shape index (κ1) is 22.6. The number of aromatic nitrogens is 4. The smallest absolute Gasteiger partial charge is 0.278 e. The van der Waals surface area contributed by atoms with Crippen molar-refractivity contribution in [2.24, 2.45) is 12.0 Å². The molecule has 0 saturated heterocycles. The number of aliphatic hydroxyl groups is 1. The van der Waals surface area contributed by atoms with Gasteiger partial charge in [0.25, 0.3) is 5.56 Å². The first-order valence-corrected chi connectivity index (χ1v) is 11.3. The summed E-state index contributed by atoms with van der Waals surface area (Å²) in [5, 5.41) is 10.2. The predicted molar refractivity (Wildman–Crippen MR) is 132 cm³/mol. The van der Waals surface area contributed by atoms with Crippen LogP contribution in [-0.2, 0) is 13.6 Å². The Morgan fingerprint density at radius 2 is 1.91 bits per heavy atom. The van der Waals surface area contributed by atoms with Crippen molar-refractivity contribution in [2.75, 3.05) is 12.3 Å². The van der Waals surface area contributed by atoms with Crippen LogP contribution >= 0.6 is 11.8 Å². The maximum absolute atomic E-state index is 13.1. The third kappa shape index (κ3) is 4.79. The highest BCUT2D eigenvalue weighted by atomic mass is 32.2. The van der Waals surface area contributed by atoms with E-state index in [2.05, 4.69) is 4.98 Å². The standard InChI is InChI=1S/C24H26N6O2S/c1-17(15-31)30-22(25)21(24(32)28(30)2)23(33-20-6-4-3-5-7-20)27-14-18-8-10-19(11-9-18)29-13-12-26-16-29/h3-13,16-17,31H,14-15,25H2,1-2H3. The van der Waals surface area contributed by atoms with Crippen LogP contribution in [0.25, 0.3) is 5.69 Å². The van der Waals surface area contributed by atoms with Crippen molar-refractivity contribution >= 4 is 22.6 Å². The monoisotopic (exact) mass is 462 g/mol. The van der Waals surface area contributed by atoms with E-state index >= 15 is 0 Å². The molecule has 0 spiro atoms. The van der Waals surface area contributed by atoms with Gasteiger partial charge in [0, 0.05) is 30.0 Å². The number of rotatable bonds is 7. The van der Waals surface area contributed by atoms with Crippen LogP contribution < -0.4 is 11.3 Å². The van der Waals surface area contributed by atoms with Crippen molar-refractivity contribution < 1.29 is 5.11 Å². The molecule has 2 aromatic carbocycles. The average molecular weight is 463 g/mol. The van der Waals surface area contributed by atoms with Gasteiger partial charge >= 0.3 is 0 Å². The van der Waals surface area contributed by atoms with Crippen LogP contribution in [0.4, 0.5) is 5.82 Å². The summed E-state index contributed by atoms with van der Waals surface area (Å²) >= 11 is 1.40. The Hall–Kier alpha value is -3.56. The van der Waals surface area contributed by atoms with Crippen LogP contribution in [0, 0.1) is 0 Å². The lowest BCUT2D eigenvalue weighted by atomic mass is 10.2. The van der Waals surface area contributed by atoms with Gasteiger partial charge in [-0.05, 0) is 36.8 Å². The minimum atomic E-state index is -0.338. The SMILES string of the molecule is CC(CO)n1c(N)c(C(=NCc2ccc(-n3ccnc3)cc2)Sc2ccccc2)c(=O)n1C. The van der Waals surface area contributed by atoms with E-state index in [4.69, 9.17) is 10.7 Å². The van der Waals surface area contributed by atoms with E-state index in [9.17, 15) is 9.90 Å². The summed E-state index contributed by atoms with van der Waals surface area (Å²) in [6, 6.07) is 17.4. The number of hydrogen-bond donors (Lipinski definition) is 2. The van der Waals surface area contributed by atoms with Crippen LogP contribution in [0.1, 0.15) is 24.1 Å². The van der Waals surface area contributed by atoms with E-state index in [-0.39, 0.29) is 18.2 Å². The zero-order valence-corrected chi connectivity index (χ0v) is 19.3. The molecule has 170 valence electrons. The number of hydrogen-bond acceptors (Lipinski definition) is 6. The molecule has 0 aliphatic carbocycles. The summed E-state index contributed by atoms with van der Waals surface area (Å²) in [4.78, 5) is 23.0. The van der Waals surface area contributed by atoms with Crippen LogP contribution in [0.5, 0.6) is 0 Å². The Kier molecular flexibility index (Phi) is 6.81. The van der Waals surface area contributed by atoms with Gasteiger partial charge in [-0.25, -0.2) is 4.98 Å². The quantitative estimate of drug-likeness (QED) is 0.249. The number of aliphatic imine (C=N–C) groups is 1. The van der Waals surface area contributed by atoms with E-state index in [0.29, 0.717) is 23.0 Å². The van der Waals surface area contributed by atoms with Crippen LogP contribution in [0.2, 0.25) is 0 Å². The fourth-order valence-electron chi connectivity index (χ4n) is 3.57. The highest BCUT2D eigenvalue weighted by molar-refractivity contribution is 8.14. The van der Waals surface area contributed by atoms with Gasteiger partial charge in [0.1, 0.15) is 16.4 Å². The zero-order chi connectivity index (χ0) is 23.4. The number of benzene rings is 2. The Morgan fingerprint density at radius 3 is 2.55 bits per heavy atom. The maximum atomic E-state index is 13.1. The lowest BCUT2D eigenvalue weighted by molar-refractivity contribution is 0.220. The first-order chi connectivity index (χ1) is 16.0. The number of thioether (sulfide) groups is 1. The van der Waals surface area contributed by atoms with Crippen molar-refractivity contribution in [3.63, 3.8) is 0 Å². The van der Waals surface area contributed by atoms with Gasteiger partial charge < -0.3 is 15.4 Å². The number of imidazole rings is 1. The lowest BCUT2D eigenvalue weighted by Gasteiger charge is -2.15. The van der Waals surface area contributed by atoms with E-state index in [1.54, 1.807) is 24.3 Å².